The van der Waals surface area contributed by atoms with E-state index in [1.807, 2.05) is 0 Å². The smallest absolute Gasteiger partial charge is 0.0562 e. The van der Waals surface area contributed by atoms with Gasteiger partial charge in [-0.25, -0.2) is 0 Å². The third-order valence-corrected chi connectivity index (χ3v) is 2.74. The summed E-state index contributed by atoms with van der Waals surface area (Å²) in [6, 6.07) is 0. The van der Waals surface area contributed by atoms with Crippen molar-refractivity contribution < 1.29 is 0 Å². The van der Waals surface area contributed by atoms with Crippen molar-refractivity contribution in [3.05, 3.63) is 0 Å². The van der Waals surface area contributed by atoms with Gasteiger partial charge in [0.15, 0.2) is 0 Å². The second-order valence-corrected chi connectivity index (χ2v) is 4.36. The third kappa shape index (κ3) is 8.52. The van der Waals surface area contributed by atoms with Gasteiger partial charge in [0, 0.05) is 0 Å². The monoisotopic (exact) mass is 200 g/mol. The predicted molar refractivity (Wildman–Crippen MR) is 64.5 cm³/mol. The van der Waals surface area contributed by atoms with Crippen LogP contribution in [0, 0.1) is 0 Å². The summed E-state index contributed by atoms with van der Waals surface area (Å²) in [6.07, 6.45) is 8.78. The minimum Gasteiger partial charge on any atom is -0.302 e. The van der Waals surface area contributed by atoms with Gasteiger partial charge in [0.2, 0.25) is 0 Å². The van der Waals surface area contributed by atoms with Crippen molar-refractivity contribution >= 4 is 0 Å². The van der Waals surface area contributed by atoms with Crippen molar-refractivity contribution in [1.82, 2.24) is 10.2 Å². The van der Waals surface area contributed by atoms with Crippen molar-refractivity contribution in [3.8, 4) is 0 Å². The lowest BCUT2D eigenvalue weighted by Gasteiger charge is -2.20. The van der Waals surface area contributed by atoms with Crippen molar-refractivity contribution in [3.63, 3.8) is 0 Å². The number of nitrogens with one attached hydrogen (secondary N) is 1. The number of nitrogens with zero attached hydrogens (tertiary/aromatic N) is 1. The van der Waals surface area contributed by atoms with E-state index in [1.165, 1.54) is 38.5 Å². The zero-order chi connectivity index (χ0) is 10.8. The van der Waals surface area contributed by atoms with Gasteiger partial charge in [0.1, 0.15) is 0 Å². The first-order valence-electron chi connectivity index (χ1n) is 6.08. The van der Waals surface area contributed by atoms with E-state index in [0.717, 1.165) is 6.54 Å². The Morgan fingerprint density at radius 1 is 1.00 bits per heavy atom. The topological polar surface area (TPSA) is 15.3 Å². The van der Waals surface area contributed by atoms with Gasteiger partial charge >= 0.3 is 0 Å². The van der Waals surface area contributed by atoms with E-state index >= 15 is 0 Å². The molecule has 0 aliphatic rings. The molecule has 1 atom stereocenters. The maximum Gasteiger partial charge on any atom is 0.0562 e. The number of hydrogen-bond acceptors (Lipinski definition) is 2. The minimum absolute atomic E-state index is 0.505. The SMILES string of the molecule is CCCCCCCCNC(C)N(C)C. The van der Waals surface area contributed by atoms with Gasteiger partial charge in [0.25, 0.3) is 0 Å². The molecule has 2 heteroatoms. The molecule has 1 N–H and O–H groups in total. The van der Waals surface area contributed by atoms with Crippen LogP contribution in [0.1, 0.15) is 52.4 Å². The van der Waals surface area contributed by atoms with Gasteiger partial charge in [-0.1, -0.05) is 39.0 Å². The summed E-state index contributed by atoms with van der Waals surface area (Å²) < 4.78 is 0. The predicted octanol–water partition coefficient (Wildman–Crippen LogP) is 2.84. The average molecular weight is 200 g/mol. The average Bonchev–Trinajstić information content (AvgIpc) is 2.16. The Morgan fingerprint density at radius 2 is 1.57 bits per heavy atom. The zero-order valence-corrected chi connectivity index (χ0v) is 10.5. The van der Waals surface area contributed by atoms with Crippen LogP contribution in [-0.2, 0) is 0 Å². The molecule has 0 radical (unpaired) electrons. The van der Waals surface area contributed by atoms with E-state index in [9.17, 15) is 0 Å². The Balaban J connectivity index is 3.06. The summed E-state index contributed by atoms with van der Waals surface area (Å²) in [4.78, 5) is 2.21. The molecule has 0 fully saturated rings. The Labute approximate surface area is 90.1 Å². The van der Waals surface area contributed by atoms with Gasteiger partial charge in [-0.2, -0.15) is 0 Å². The molecule has 0 rings (SSSR count). The molecule has 86 valence electrons. The van der Waals surface area contributed by atoms with Crippen LogP contribution in [0.5, 0.6) is 0 Å². The van der Waals surface area contributed by atoms with Crippen LogP contribution in [0.15, 0.2) is 0 Å². The molecule has 0 heterocycles. The highest BCUT2D eigenvalue weighted by atomic mass is 15.2. The Morgan fingerprint density at radius 3 is 2.14 bits per heavy atom. The quantitative estimate of drug-likeness (QED) is 0.455. The van der Waals surface area contributed by atoms with Crippen LogP contribution in [0.25, 0.3) is 0 Å². The summed E-state index contributed by atoms with van der Waals surface area (Å²) >= 11 is 0. The first kappa shape index (κ1) is 13.9. The lowest BCUT2D eigenvalue weighted by atomic mass is 10.1. The van der Waals surface area contributed by atoms with E-state index in [2.05, 4.69) is 38.2 Å². The van der Waals surface area contributed by atoms with E-state index in [-0.39, 0.29) is 0 Å². The molecule has 0 amide bonds. The van der Waals surface area contributed by atoms with Crippen LogP contribution in [0.3, 0.4) is 0 Å². The molecule has 0 spiro atoms. The molecule has 2 nitrogen and oxygen atoms in total. The molecule has 1 unspecified atom stereocenters. The summed E-state index contributed by atoms with van der Waals surface area (Å²) in [6.45, 7) is 5.63. The molecule has 0 saturated carbocycles. The highest BCUT2D eigenvalue weighted by molar-refractivity contribution is 4.56. The standard InChI is InChI=1S/C12H28N2/c1-5-6-7-8-9-10-11-13-12(2)14(3)4/h12-13H,5-11H2,1-4H3. The van der Waals surface area contributed by atoms with Gasteiger partial charge in [-0.05, 0) is 34.0 Å². The molecule has 0 aromatic rings. The van der Waals surface area contributed by atoms with Gasteiger partial charge in [-0.15, -0.1) is 0 Å². The second-order valence-electron chi connectivity index (χ2n) is 4.36. The highest BCUT2D eigenvalue weighted by Gasteiger charge is 2.00. The maximum atomic E-state index is 3.50. The number of rotatable bonds is 9. The fourth-order valence-corrected chi connectivity index (χ4v) is 1.40. The molecule has 14 heavy (non-hydrogen) atoms. The van der Waals surface area contributed by atoms with Crippen LogP contribution in [0.4, 0.5) is 0 Å². The summed E-state index contributed by atoms with van der Waals surface area (Å²) in [7, 11) is 4.22. The van der Waals surface area contributed by atoms with Crippen molar-refractivity contribution in [2.24, 2.45) is 0 Å². The molecule has 0 aliphatic carbocycles. The molecule has 0 aliphatic heterocycles. The number of unbranched alkanes of at least 4 members (excludes halogenated alkanes) is 5. The van der Waals surface area contributed by atoms with Crippen LogP contribution in [0.2, 0.25) is 0 Å². The zero-order valence-electron chi connectivity index (χ0n) is 10.5. The van der Waals surface area contributed by atoms with E-state index in [0.29, 0.717) is 6.17 Å². The molecular weight excluding hydrogens is 172 g/mol. The normalized spacial score (nSPS) is 13.5. The fourth-order valence-electron chi connectivity index (χ4n) is 1.40. The van der Waals surface area contributed by atoms with Gasteiger partial charge < -0.3 is 5.32 Å². The molecule has 0 aromatic carbocycles. The van der Waals surface area contributed by atoms with Crippen LogP contribution in [-0.4, -0.2) is 31.7 Å². The Bertz CT molecular complexity index is 113. The van der Waals surface area contributed by atoms with Gasteiger partial charge in [-0.3, -0.25) is 4.90 Å². The van der Waals surface area contributed by atoms with Gasteiger partial charge in [0.05, 0.1) is 6.17 Å². The second kappa shape index (κ2) is 9.47. The maximum absolute atomic E-state index is 3.50. The van der Waals surface area contributed by atoms with Crippen LogP contribution >= 0.6 is 0 Å². The Kier molecular flexibility index (Phi) is 9.42. The minimum atomic E-state index is 0.505. The fraction of sp³-hybridized carbons (Fsp3) is 1.00. The summed E-state index contributed by atoms with van der Waals surface area (Å²) in [5.41, 5.74) is 0. The molecule has 0 saturated heterocycles. The molecule has 0 bridgehead atoms. The summed E-state index contributed by atoms with van der Waals surface area (Å²) in [5, 5.41) is 3.50. The number of hydrogen-bond donors (Lipinski definition) is 1. The Hall–Kier alpha value is -0.0800. The highest BCUT2D eigenvalue weighted by Crippen LogP contribution is 2.04. The molecule has 0 aromatic heterocycles. The first-order chi connectivity index (χ1) is 6.68. The van der Waals surface area contributed by atoms with Crippen molar-refractivity contribution in [2.45, 2.75) is 58.5 Å². The van der Waals surface area contributed by atoms with E-state index in [4.69, 9.17) is 0 Å². The van der Waals surface area contributed by atoms with Crippen molar-refractivity contribution in [2.75, 3.05) is 20.6 Å². The van der Waals surface area contributed by atoms with E-state index < -0.39 is 0 Å². The lowest BCUT2D eigenvalue weighted by molar-refractivity contribution is 0.264. The first-order valence-corrected chi connectivity index (χ1v) is 6.08. The van der Waals surface area contributed by atoms with Crippen molar-refractivity contribution in [1.29, 1.82) is 0 Å². The largest absolute Gasteiger partial charge is 0.302 e. The lowest BCUT2D eigenvalue weighted by Crippen LogP contribution is -2.39. The van der Waals surface area contributed by atoms with E-state index in [1.54, 1.807) is 0 Å². The summed E-state index contributed by atoms with van der Waals surface area (Å²) in [5.74, 6) is 0. The molecular formula is C12H28N2. The van der Waals surface area contributed by atoms with Crippen LogP contribution < -0.4 is 5.32 Å². The third-order valence-electron chi connectivity index (χ3n) is 2.74.